The van der Waals surface area contributed by atoms with Gasteiger partial charge in [-0.05, 0) is 54.8 Å². The number of halogens is 1. The number of hydrogen-bond donors (Lipinski definition) is 2. The number of hydrogen-bond acceptors (Lipinski definition) is 8. The molecule has 182 valence electrons. The van der Waals surface area contributed by atoms with Crippen molar-refractivity contribution in [3.8, 4) is 5.75 Å². The smallest absolute Gasteiger partial charge is 0.335 e. The molecule has 11 heteroatoms. The molecule has 0 saturated carbocycles. The average molecular weight is 541 g/mol. The predicted octanol–water partition coefficient (Wildman–Crippen LogP) is 5.73. The van der Waals surface area contributed by atoms with E-state index in [1.165, 1.54) is 34.4 Å². The molecule has 0 bridgehead atoms. The highest BCUT2D eigenvalue weighted by atomic mass is 35.5. The van der Waals surface area contributed by atoms with Gasteiger partial charge in [-0.3, -0.25) is 14.5 Å². The second kappa shape index (κ2) is 9.38. The molecule has 1 unspecified atom stereocenters. The number of carboxylic acids is 1. The quantitative estimate of drug-likeness (QED) is 0.182. The van der Waals surface area contributed by atoms with Crippen LogP contribution >= 0.6 is 34.3 Å². The Labute approximate surface area is 217 Å². The number of anilines is 1. The number of thiophene rings is 1. The summed E-state index contributed by atoms with van der Waals surface area (Å²) in [6.07, 6.45) is 0. The number of rotatable bonds is 6. The van der Waals surface area contributed by atoms with E-state index in [0.717, 1.165) is 11.3 Å². The molecule has 1 fully saturated rings. The molecule has 4 aromatic rings. The lowest BCUT2D eigenvalue weighted by atomic mass is 9.99. The van der Waals surface area contributed by atoms with Crippen LogP contribution in [0.2, 0.25) is 5.02 Å². The zero-order valence-electron chi connectivity index (χ0n) is 18.6. The number of carbonyl (C=O) groups is 3. The summed E-state index contributed by atoms with van der Waals surface area (Å²) >= 11 is 8.76. The third-order valence-corrected chi connectivity index (χ3v) is 7.86. The van der Waals surface area contributed by atoms with Crippen molar-refractivity contribution >= 4 is 73.0 Å². The maximum absolute atomic E-state index is 13.3. The second-order valence-corrected chi connectivity index (χ2v) is 10.1. The van der Waals surface area contributed by atoms with Crippen LogP contribution in [0.4, 0.5) is 5.13 Å². The van der Waals surface area contributed by atoms with E-state index in [1.54, 1.807) is 35.7 Å². The Balaban J connectivity index is 1.69. The fourth-order valence-corrected chi connectivity index (χ4v) is 6.04. The van der Waals surface area contributed by atoms with E-state index in [0.29, 0.717) is 27.5 Å². The van der Waals surface area contributed by atoms with Crippen LogP contribution in [0.25, 0.3) is 16.0 Å². The van der Waals surface area contributed by atoms with Crippen molar-refractivity contribution in [1.29, 1.82) is 0 Å². The van der Waals surface area contributed by atoms with Gasteiger partial charge in [-0.2, -0.15) is 0 Å². The SMILES string of the molecule is CCOc1ccc(Cl)c(/C(O)=C2\C(=O)C(=O)N(c3nc4ccc(C(=O)O)cc4s3)C2c2cccs2)c1. The van der Waals surface area contributed by atoms with Crippen molar-refractivity contribution in [2.45, 2.75) is 13.0 Å². The summed E-state index contributed by atoms with van der Waals surface area (Å²) in [4.78, 5) is 44.4. The molecule has 2 aromatic carbocycles. The minimum atomic E-state index is -1.09. The highest BCUT2D eigenvalue weighted by Crippen LogP contribution is 2.46. The highest BCUT2D eigenvalue weighted by Gasteiger charge is 2.48. The van der Waals surface area contributed by atoms with Crippen LogP contribution in [0.15, 0.2) is 59.5 Å². The average Bonchev–Trinajstić information content (AvgIpc) is 3.58. The van der Waals surface area contributed by atoms with Crippen molar-refractivity contribution in [1.82, 2.24) is 4.98 Å². The van der Waals surface area contributed by atoms with Crippen molar-refractivity contribution in [2.24, 2.45) is 0 Å². The van der Waals surface area contributed by atoms with E-state index >= 15 is 0 Å². The topological polar surface area (TPSA) is 117 Å². The van der Waals surface area contributed by atoms with E-state index in [9.17, 15) is 24.6 Å². The number of aromatic nitrogens is 1. The molecule has 2 N–H and O–H groups in total. The molecule has 3 heterocycles. The molecule has 1 aliphatic rings. The normalized spacial score (nSPS) is 17.2. The first kappa shape index (κ1) is 24.0. The second-order valence-electron chi connectivity index (χ2n) is 7.74. The molecule has 1 aliphatic heterocycles. The molecule has 5 rings (SSSR count). The zero-order chi connectivity index (χ0) is 25.6. The van der Waals surface area contributed by atoms with Crippen molar-refractivity contribution in [2.75, 3.05) is 11.5 Å². The number of Topliss-reactive ketones (excluding diaryl/α,β-unsaturated/α-hetero) is 1. The van der Waals surface area contributed by atoms with E-state index in [2.05, 4.69) is 4.98 Å². The largest absolute Gasteiger partial charge is 0.507 e. The molecule has 2 aromatic heterocycles. The molecule has 1 amide bonds. The van der Waals surface area contributed by atoms with Crippen molar-refractivity contribution < 1.29 is 29.3 Å². The Bertz CT molecular complexity index is 1560. The van der Waals surface area contributed by atoms with Gasteiger partial charge in [-0.15, -0.1) is 11.3 Å². The van der Waals surface area contributed by atoms with Gasteiger partial charge < -0.3 is 14.9 Å². The number of fused-ring (bicyclic) bond motifs is 1. The number of ketones is 1. The molecule has 1 atom stereocenters. The van der Waals surface area contributed by atoms with Crippen LogP contribution in [0, 0.1) is 0 Å². The molecule has 0 spiro atoms. The Morgan fingerprint density at radius 3 is 2.67 bits per heavy atom. The van der Waals surface area contributed by atoms with Crippen molar-refractivity contribution in [3.63, 3.8) is 0 Å². The minimum absolute atomic E-state index is 0.0818. The number of aliphatic hydroxyl groups excluding tert-OH is 1. The molecule has 36 heavy (non-hydrogen) atoms. The van der Waals surface area contributed by atoms with Gasteiger partial charge >= 0.3 is 11.9 Å². The first-order chi connectivity index (χ1) is 17.3. The van der Waals surface area contributed by atoms with Crippen molar-refractivity contribution in [3.05, 3.63) is 80.5 Å². The number of nitrogens with zero attached hydrogens (tertiary/aromatic N) is 2. The maximum atomic E-state index is 13.3. The summed E-state index contributed by atoms with van der Waals surface area (Å²) in [6, 6.07) is 11.7. The minimum Gasteiger partial charge on any atom is -0.507 e. The molecule has 8 nitrogen and oxygen atoms in total. The number of benzene rings is 2. The maximum Gasteiger partial charge on any atom is 0.335 e. The zero-order valence-corrected chi connectivity index (χ0v) is 21.0. The van der Waals surface area contributed by atoms with Gasteiger partial charge in [0.2, 0.25) is 0 Å². The lowest BCUT2D eigenvalue weighted by molar-refractivity contribution is -0.132. The number of aromatic carboxylic acids is 1. The first-order valence-corrected chi connectivity index (χ1v) is 12.8. The van der Waals surface area contributed by atoms with Crippen LogP contribution in [-0.4, -0.2) is 39.5 Å². The van der Waals surface area contributed by atoms with Gasteiger partial charge in [-0.1, -0.05) is 29.0 Å². The number of aliphatic hydroxyl groups is 1. The molecule has 0 radical (unpaired) electrons. The highest BCUT2D eigenvalue weighted by molar-refractivity contribution is 7.22. The standard InChI is InChI=1S/C25H17ClN2O6S2/c1-2-34-13-6-7-15(26)14(11-13)21(29)19-20(17-4-3-9-35-17)28(23(31)22(19)30)25-27-16-8-5-12(24(32)33)10-18(16)36-25/h3-11,20,29H,2H2,1H3,(H,32,33)/b21-19+. The van der Waals surface area contributed by atoms with E-state index in [-0.39, 0.29) is 26.9 Å². The van der Waals surface area contributed by atoms with Gasteiger partial charge in [0.25, 0.3) is 5.78 Å². The Kier molecular flexibility index (Phi) is 6.25. The number of thiazole rings is 1. The molecule has 1 saturated heterocycles. The number of carbonyl (C=O) groups excluding carboxylic acids is 2. The Hall–Kier alpha value is -3.73. The molecular formula is C25H17ClN2O6S2. The lowest BCUT2D eigenvalue weighted by Gasteiger charge is -2.21. The molecular weight excluding hydrogens is 524 g/mol. The van der Waals surface area contributed by atoms with Crippen LogP contribution in [0.3, 0.4) is 0 Å². The van der Waals surface area contributed by atoms with Gasteiger partial charge in [0.15, 0.2) is 5.13 Å². The Morgan fingerprint density at radius 1 is 1.17 bits per heavy atom. The van der Waals surface area contributed by atoms with E-state index < -0.39 is 29.5 Å². The van der Waals surface area contributed by atoms with E-state index in [1.807, 2.05) is 6.92 Å². The summed E-state index contributed by atoms with van der Waals surface area (Å²) in [5, 5.41) is 22.8. The van der Waals surface area contributed by atoms with Crippen LogP contribution in [0.5, 0.6) is 5.75 Å². The van der Waals surface area contributed by atoms with Gasteiger partial charge in [0.1, 0.15) is 17.6 Å². The number of carboxylic acid groups (broad SMARTS) is 1. The van der Waals surface area contributed by atoms with Gasteiger partial charge in [0.05, 0.1) is 33.0 Å². The van der Waals surface area contributed by atoms with Gasteiger partial charge in [0, 0.05) is 10.4 Å². The first-order valence-electron chi connectivity index (χ1n) is 10.7. The van der Waals surface area contributed by atoms with Gasteiger partial charge in [-0.25, -0.2) is 9.78 Å². The number of amides is 1. The Morgan fingerprint density at radius 2 is 1.97 bits per heavy atom. The third-order valence-electron chi connectivity index (χ3n) is 5.59. The summed E-state index contributed by atoms with van der Waals surface area (Å²) in [6.45, 7) is 2.20. The summed E-state index contributed by atoms with van der Waals surface area (Å²) < 4.78 is 6.05. The lowest BCUT2D eigenvalue weighted by Crippen LogP contribution is -2.28. The van der Waals surface area contributed by atoms with Crippen LogP contribution < -0.4 is 9.64 Å². The molecule has 0 aliphatic carbocycles. The van der Waals surface area contributed by atoms with Crippen LogP contribution in [0.1, 0.15) is 33.8 Å². The van der Waals surface area contributed by atoms with Crippen LogP contribution in [-0.2, 0) is 9.59 Å². The number of ether oxygens (including phenoxy) is 1. The third kappa shape index (κ3) is 4.02. The summed E-state index contributed by atoms with van der Waals surface area (Å²) in [5.74, 6) is -2.79. The van der Waals surface area contributed by atoms with E-state index in [4.69, 9.17) is 16.3 Å². The predicted molar refractivity (Wildman–Crippen MR) is 138 cm³/mol. The fraction of sp³-hybridized carbons (Fsp3) is 0.120. The summed E-state index contributed by atoms with van der Waals surface area (Å²) in [7, 11) is 0. The fourth-order valence-electron chi connectivity index (χ4n) is 3.98. The monoisotopic (exact) mass is 540 g/mol. The summed E-state index contributed by atoms with van der Waals surface area (Å²) in [5.41, 5.74) is 0.610.